The van der Waals surface area contributed by atoms with E-state index < -0.39 is 0 Å². The van der Waals surface area contributed by atoms with Gasteiger partial charge in [0.25, 0.3) is 0 Å². The van der Waals surface area contributed by atoms with Gasteiger partial charge in [0.15, 0.2) is 0 Å². The molecule has 0 saturated carbocycles. The van der Waals surface area contributed by atoms with Crippen LogP contribution in [0.5, 0.6) is 0 Å². The van der Waals surface area contributed by atoms with Gasteiger partial charge < -0.3 is 5.32 Å². The van der Waals surface area contributed by atoms with Gasteiger partial charge in [-0.2, -0.15) is 5.10 Å². The highest BCUT2D eigenvalue weighted by atomic mass is 32.1. The Hall–Kier alpha value is -1.36. The monoisotopic (exact) mass is 250 g/mol. The molecule has 1 N–H and O–H groups in total. The van der Waals surface area contributed by atoms with Crippen molar-refractivity contribution in [3.8, 4) is 0 Å². The second-order valence-electron chi connectivity index (χ2n) is 4.36. The number of aromatic nitrogens is 3. The van der Waals surface area contributed by atoms with Crippen LogP contribution in [0.3, 0.4) is 0 Å². The molecule has 0 aliphatic carbocycles. The van der Waals surface area contributed by atoms with Gasteiger partial charge in [-0.05, 0) is 27.7 Å². The molecule has 92 valence electrons. The van der Waals surface area contributed by atoms with Crippen LogP contribution in [-0.4, -0.2) is 14.8 Å². The fraction of sp³-hybridized carbons (Fsp3) is 0.500. The van der Waals surface area contributed by atoms with E-state index in [9.17, 15) is 0 Å². The molecule has 0 bridgehead atoms. The summed E-state index contributed by atoms with van der Waals surface area (Å²) in [7, 11) is 0. The Bertz CT molecular complexity index is 485. The van der Waals surface area contributed by atoms with Gasteiger partial charge in [-0.1, -0.05) is 0 Å². The molecule has 0 aliphatic heterocycles. The summed E-state index contributed by atoms with van der Waals surface area (Å²) in [6.07, 6.45) is 1.83. The van der Waals surface area contributed by atoms with Gasteiger partial charge in [0.05, 0.1) is 23.6 Å². The van der Waals surface area contributed by atoms with E-state index in [4.69, 9.17) is 0 Å². The summed E-state index contributed by atoms with van der Waals surface area (Å²) in [6, 6.07) is 0.393. The average Bonchev–Trinajstić information content (AvgIpc) is 2.86. The van der Waals surface area contributed by atoms with E-state index >= 15 is 0 Å². The molecule has 17 heavy (non-hydrogen) atoms. The van der Waals surface area contributed by atoms with Crippen molar-refractivity contribution in [3.63, 3.8) is 0 Å². The molecular formula is C12H18N4S. The van der Waals surface area contributed by atoms with Gasteiger partial charge in [0.2, 0.25) is 0 Å². The Labute approximate surface area is 106 Å². The number of rotatable bonds is 4. The maximum Gasteiger partial charge on any atom is 0.112 e. The molecule has 0 atom stereocenters. The molecule has 0 aliphatic rings. The third-order valence-corrected chi connectivity index (χ3v) is 3.49. The molecule has 0 radical (unpaired) electrons. The third-order valence-electron chi connectivity index (χ3n) is 2.71. The molecule has 0 aromatic carbocycles. The highest BCUT2D eigenvalue weighted by Gasteiger charge is 2.13. The Morgan fingerprint density at radius 3 is 2.71 bits per heavy atom. The largest absolute Gasteiger partial charge is 0.376 e. The van der Waals surface area contributed by atoms with Crippen LogP contribution in [0, 0.1) is 13.8 Å². The van der Waals surface area contributed by atoms with E-state index in [1.54, 1.807) is 11.3 Å². The molecule has 2 aromatic rings. The lowest BCUT2D eigenvalue weighted by Crippen LogP contribution is -2.06. The molecule has 0 spiro atoms. The first-order chi connectivity index (χ1) is 8.09. The van der Waals surface area contributed by atoms with Crippen LogP contribution < -0.4 is 5.32 Å². The second kappa shape index (κ2) is 4.87. The molecule has 0 amide bonds. The normalized spacial score (nSPS) is 11.1. The van der Waals surface area contributed by atoms with E-state index in [1.165, 1.54) is 5.69 Å². The van der Waals surface area contributed by atoms with Crippen LogP contribution in [-0.2, 0) is 6.54 Å². The topological polar surface area (TPSA) is 42.7 Å². The maximum absolute atomic E-state index is 4.55. The van der Waals surface area contributed by atoms with E-state index in [0.29, 0.717) is 6.04 Å². The lowest BCUT2D eigenvalue weighted by molar-refractivity contribution is 0.516. The van der Waals surface area contributed by atoms with Crippen molar-refractivity contribution in [2.24, 2.45) is 0 Å². The zero-order chi connectivity index (χ0) is 12.4. The van der Waals surface area contributed by atoms with E-state index in [2.05, 4.69) is 40.9 Å². The van der Waals surface area contributed by atoms with E-state index in [1.807, 2.05) is 18.5 Å². The van der Waals surface area contributed by atoms with Gasteiger partial charge >= 0.3 is 0 Å². The minimum Gasteiger partial charge on any atom is -0.376 e. The third kappa shape index (κ3) is 2.49. The van der Waals surface area contributed by atoms with Crippen LogP contribution in [0.1, 0.15) is 36.3 Å². The molecule has 4 nitrogen and oxygen atoms in total. The number of aryl methyl sites for hydroxylation is 1. The number of hydrogen-bond donors (Lipinski definition) is 1. The molecule has 0 unspecified atom stereocenters. The summed E-state index contributed by atoms with van der Waals surface area (Å²) in [6.45, 7) is 9.19. The van der Waals surface area contributed by atoms with Gasteiger partial charge in [0.1, 0.15) is 5.01 Å². The number of nitrogens with one attached hydrogen (secondary N) is 1. The SMILES string of the molecule is Cc1nn(C(C)C)c(C)c1NCc1nccs1. The first-order valence-corrected chi connectivity index (χ1v) is 6.65. The summed E-state index contributed by atoms with van der Waals surface area (Å²) in [5.74, 6) is 0. The molecule has 2 aromatic heterocycles. The van der Waals surface area contributed by atoms with Crippen LogP contribution in [0.25, 0.3) is 0 Å². The lowest BCUT2D eigenvalue weighted by Gasteiger charge is -2.09. The minimum atomic E-state index is 0.393. The van der Waals surface area contributed by atoms with E-state index in [0.717, 1.165) is 22.9 Å². The summed E-state index contributed by atoms with van der Waals surface area (Å²) in [5, 5.41) is 11.1. The lowest BCUT2D eigenvalue weighted by atomic mass is 10.3. The van der Waals surface area contributed by atoms with Crippen molar-refractivity contribution >= 4 is 17.0 Å². The first kappa shape index (κ1) is 12.1. The highest BCUT2D eigenvalue weighted by Crippen LogP contribution is 2.23. The van der Waals surface area contributed by atoms with Crippen molar-refractivity contribution in [1.82, 2.24) is 14.8 Å². The van der Waals surface area contributed by atoms with Crippen molar-refractivity contribution in [2.75, 3.05) is 5.32 Å². The fourth-order valence-electron chi connectivity index (χ4n) is 1.93. The molecule has 5 heteroatoms. The molecule has 2 rings (SSSR count). The zero-order valence-electron chi connectivity index (χ0n) is 10.7. The Kier molecular flexibility index (Phi) is 3.47. The van der Waals surface area contributed by atoms with Gasteiger partial charge in [-0.25, -0.2) is 4.98 Å². The van der Waals surface area contributed by atoms with Gasteiger partial charge in [-0.15, -0.1) is 11.3 Å². The number of thiazole rings is 1. The van der Waals surface area contributed by atoms with Crippen LogP contribution in [0.15, 0.2) is 11.6 Å². The highest BCUT2D eigenvalue weighted by molar-refractivity contribution is 7.09. The van der Waals surface area contributed by atoms with Gasteiger partial charge in [-0.3, -0.25) is 4.68 Å². The molecular weight excluding hydrogens is 232 g/mol. The smallest absolute Gasteiger partial charge is 0.112 e. The summed E-state index contributed by atoms with van der Waals surface area (Å²) >= 11 is 1.67. The Morgan fingerprint density at radius 2 is 2.18 bits per heavy atom. The van der Waals surface area contributed by atoms with Crippen molar-refractivity contribution < 1.29 is 0 Å². The standard InChI is InChI=1S/C12H18N4S/c1-8(2)16-10(4)12(9(3)15-16)14-7-11-13-5-6-17-11/h5-6,8,14H,7H2,1-4H3. The fourth-order valence-corrected chi connectivity index (χ4v) is 2.48. The predicted octanol–water partition coefficient (Wildman–Crippen LogP) is 3.15. The number of hydrogen-bond acceptors (Lipinski definition) is 4. The quantitative estimate of drug-likeness (QED) is 0.906. The molecule has 0 fully saturated rings. The predicted molar refractivity (Wildman–Crippen MR) is 71.5 cm³/mol. The number of nitrogens with zero attached hydrogens (tertiary/aromatic N) is 3. The van der Waals surface area contributed by atoms with Crippen LogP contribution >= 0.6 is 11.3 Å². The molecule has 2 heterocycles. The number of anilines is 1. The second-order valence-corrected chi connectivity index (χ2v) is 5.34. The zero-order valence-corrected chi connectivity index (χ0v) is 11.5. The Balaban J connectivity index is 2.15. The minimum absolute atomic E-state index is 0.393. The summed E-state index contributed by atoms with van der Waals surface area (Å²) in [5.41, 5.74) is 3.37. The van der Waals surface area contributed by atoms with Crippen molar-refractivity contribution in [3.05, 3.63) is 28.0 Å². The Morgan fingerprint density at radius 1 is 1.41 bits per heavy atom. The summed E-state index contributed by atoms with van der Waals surface area (Å²) < 4.78 is 2.06. The van der Waals surface area contributed by atoms with Gasteiger partial charge in [0, 0.05) is 17.6 Å². The van der Waals surface area contributed by atoms with E-state index in [-0.39, 0.29) is 0 Å². The summed E-state index contributed by atoms with van der Waals surface area (Å²) in [4.78, 5) is 4.26. The maximum atomic E-state index is 4.55. The van der Waals surface area contributed by atoms with Crippen molar-refractivity contribution in [2.45, 2.75) is 40.3 Å². The van der Waals surface area contributed by atoms with Crippen LogP contribution in [0.4, 0.5) is 5.69 Å². The molecule has 0 saturated heterocycles. The van der Waals surface area contributed by atoms with Crippen molar-refractivity contribution in [1.29, 1.82) is 0 Å². The first-order valence-electron chi connectivity index (χ1n) is 5.77. The van der Waals surface area contributed by atoms with Crippen LogP contribution in [0.2, 0.25) is 0 Å². The average molecular weight is 250 g/mol.